The van der Waals surface area contributed by atoms with Gasteiger partial charge in [0.05, 0.1) is 0 Å². The van der Waals surface area contributed by atoms with Crippen molar-refractivity contribution in [2.45, 2.75) is 19.8 Å². The van der Waals surface area contributed by atoms with E-state index in [4.69, 9.17) is 5.84 Å². The van der Waals surface area contributed by atoms with Gasteiger partial charge in [-0.1, -0.05) is 0 Å². The Bertz CT molecular complexity index is 319. The summed E-state index contributed by atoms with van der Waals surface area (Å²) in [5.41, 5.74) is 3.42. The van der Waals surface area contributed by atoms with E-state index in [1.54, 1.807) is 0 Å². The summed E-state index contributed by atoms with van der Waals surface area (Å²) in [5.74, 6) is 6.76. The molecule has 0 saturated carbocycles. The van der Waals surface area contributed by atoms with Crippen molar-refractivity contribution in [3.8, 4) is 0 Å². The molecule has 0 aliphatic carbocycles. The second kappa shape index (κ2) is 3.79. The zero-order chi connectivity index (χ0) is 9.97. The fourth-order valence-corrected chi connectivity index (χ4v) is 1.72. The highest BCUT2D eigenvalue weighted by atomic mass is 15.3. The molecule has 76 valence electrons. The van der Waals surface area contributed by atoms with Gasteiger partial charge in [-0.15, -0.1) is 0 Å². The van der Waals surface area contributed by atoms with E-state index in [2.05, 4.69) is 20.3 Å². The van der Waals surface area contributed by atoms with Gasteiger partial charge < -0.3 is 4.90 Å². The number of hydrogen-bond acceptors (Lipinski definition) is 5. The van der Waals surface area contributed by atoms with E-state index in [0.717, 1.165) is 24.6 Å². The molecule has 3 N–H and O–H groups in total. The van der Waals surface area contributed by atoms with Crippen LogP contribution in [-0.4, -0.2) is 23.1 Å². The van der Waals surface area contributed by atoms with Crippen molar-refractivity contribution < 1.29 is 0 Å². The highest BCUT2D eigenvalue weighted by Gasteiger charge is 2.14. The lowest BCUT2D eigenvalue weighted by molar-refractivity contribution is 0.919. The first kappa shape index (κ1) is 9.21. The van der Waals surface area contributed by atoms with Crippen LogP contribution in [0.5, 0.6) is 0 Å². The number of nitrogen functional groups attached to an aromatic ring is 1. The van der Waals surface area contributed by atoms with E-state index >= 15 is 0 Å². The molecule has 0 aromatic carbocycles. The van der Waals surface area contributed by atoms with Crippen LogP contribution in [0.4, 0.5) is 11.8 Å². The number of anilines is 2. The predicted molar refractivity (Wildman–Crippen MR) is 56.0 cm³/mol. The number of aryl methyl sites for hydroxylation is 1. The monoisotopic (exact) mass is 193 g/mol. The van der Waals surface area contributed by atoms with Gasteiger partial charge in [-0.05, 0) is 19.8 Å². The zero-order valence-electron chi connectivity index (χ0n) is 8.32. The number of aromatic nitrogens is 2. The molecule has 5 nitrogen and oxygen atoms in total. The minimum atomic E-state index is 0.493. The molecule has 2 heterocycles. The number of nitrogens with one attached hydrogen (secondary N) is 1. The third-order valence-corrected chi connectivity index (χ3v) is 2.40. The molecule has 14 heavy (non-hydrogen) atoms. The molecule has 0 radical (unpaired) electrons. The van der Waals surface area contributed by atoms with Crippen LogP contribution >= 0.6 is 0 Å². The summed E-state index contributed by atoms with van der Waals surface area (Å²) in [6, 6.07) is 1.99. The molecule has 0 spiro atoms. The van der Waals surface area contributed by atoms with Crippen molar-refractivity contribution in [2.75, 3.05) is 23.4 Å². The van der Waals surface area contributed by atoms with Gasteiger partial charge >= 0.3 is 0 Å². The summed E-state index contributed by atoms with van der Waals surface area (Å²) in [6.07, 6.45) is 2.49. The predicted octanol–water partition coefficient (Wildman–Crippen LogP) is 0.671. The van der Waals surface area contributed by atoms with Crippen molar-refractivity contribution in [1.82, 2.24) is 9.97 Å². The van der Waals surface area contributed by atoms with Gasteiger partial charge in [0.25, 0.3) is 0 Å². The topological polar surface area (TPSA) is 67.1 Å². The third kappa shape index (κ3) is 1.77. The number of hydrazine groups is 1. The largest absolute Gasteiger partial charge is 0.356 e. The van der Waals surface area contributed by atoms with E-state index in [1.165, 1.54) is 12.8 Å². The van der Waals surface area contributed by atoms with Crippen LogP contribution in [0.15, 0.2) is 6.07 Å². The van der Waals surface area contributed by atoms with Gasteiger partial charge in [0.15, 0.2) is 0 Å². The molecule has 2 rings (SSSR count). The Balaban J connectivity index is 2.27. The minimum Gasteiger partial charge on any atom is -0.356 e. The molecule has 1 aliphatic rings. The van der Waals surface area contributed by atoms with Crippen LogP contribution < -0.4 is 16.2 Å². The molecule has 0 atom stereocenters. The molecule has 1 aliphatic heterocycles. The molecule has 0 unspecified atom stereocenters. The van der Waals surface area contributed by atoms with E-state index < -0.39 is 0 Å². The first-order chi connectivity index (χ1) is 6.79. The van der Waals surface area contributed by atoms with Crippen LogP contribution in [0, 0.1) is 6.92 Å². The second-order valence-electron chi connectivity index (χ2n) is 3.53. The first-order valence-electron chi connectivity index (χ1n) is 4.87. The molecule has 1 fully saturated rings. The maximum absolute atomic E-state index is 5.29. The summed E-state index contributed by atoms with van der Waals surface area (Å²) in [5, 5.41) is 0. The maximum atomic E-state index is 5.29. The summed E-state index contributed by atoms with van der Waals surface area (Å²) in [6.45, 7) is 4.11. The normalized spacial score (nSPS) is 16.0. The molecule has 0 amide bonds. The maximum Gasteiger partial charge on any atom is 0.239 e. The van der Waals surface area contributed by atoms with Crippen molar-refractivity contribution in [2.24, 2.45) is 5.84 Å². The summed E-state index contributed by atoms with van der Waals surface area (Å²) >= 11 is 0. The summed E-state index contributed by atoms with van der Waals surface area (Å²) in [4.78, 5) is 10.7. The van der Waals surface area contributed by atoms with Gasteiger partial charge in [-0.25, -0.2) is 10.8 Å². The molecule has 1 saturated heterocycles. The lowest BCUT2D eigenvalue weighted by atomic mass is 10.4. The number of nitrogens with two attached hydrogens (primary N) is 1. The van der Waals surface area contributed by atoms with Crippen LogP contribution in [-0.2, 0) is 0 Å². The number of nitrogens with zero attached hydrogens (tertiary/aromatic N) is 3. The van der Waals surface area contributed by atoms with E-state index in [1.807, 2.05) is 13.0 Å². The van der Waals surface area contributed by atoms with Crippen molar-refractivity contribution in [1.29, 1.82) is 0 Å². The van der Waals surface area contributed by atoms with E-state index in [0.29, 0.717) is 5.95 Å². The van der Waals surface area contributed by atoms with E-state index in [9.17, 15) is 0 Å². The molecule has 5 heteroatoms. The van der Waals surface area contributed by atoms with Crippen LogP contribution in [0.3, 0.4) is 0 Å². The van der Waals surface area contributed by atoms with Gasteiger partial charge in [-0.2, -0.15) is 4.98 Å². The number of rotatable bonds is 2. The van der Waals surface area contributed by atoms with Crippen molar-refractivity contribution in [3.05, 3.63) is 11.8 Å². The zero-order valence-corrected chi connectivity index (χ0v) is 8.32. The average molecular weight is 193 g/mol. The Morgan fingerprint density at radius 3 is 2.71 bits per heavy atom. The van der Waals surface area contributed by atoms with Crippen LogP contribution in [0.2, 0.25) is 0 Å². The fraction of sp³-hybridized carbons (Fsp3) is 0.556. The Labute approximate surface area is 83.3 Å². The van der Waals surface area contributed by atoms with Gasteiger partial charge in [0.2, 0.25) is 5.95 Å². The van der Waals surface area contributed by atoms with E-state index in [-0.39, 0.29) is 0 Å². The highest BCUT2D eigenvalue weighted by molar-refractivity contribution is 5.44. The van der Waals surface area contributed by atoms with Crippen molar-refractivity contribution >= 4 is 11.8 Å². The Morgan fingerprint density at radius 1 is 1.36 bits per heavy atom. The quantitative estimate of drug-likeness (QED) is 0.534. The molecule has 1 aromatic rings. The fourth-order valence-electron chi connectivity index (χ4n) is 1.72. The molecular weight excluding hydrogens is 178 g/mol. The van der Waals surface area contributed by atoms with Gasteiger partial charge in [0.1, 0.15) is 5.82 Å². The summed E-state index contributed by atoms with van der Waals surface area (Å²) < 4.78 is 0. The van der Waals surface area contributed by atoms with Gasteiger partial charge in [0, 0.05) is 24.8 Å². The lowest BCUT2D eigenvalue weighted by Crippen LogP contribution is -2.21. The summed E-state index contributed by atoms with van der Waals surface area (Å²) in [7, 11) is 0. The molecule has 0 bridgehead atoms. The third-order valence-electron chi connectivity index (χ3n) is 2.40. The minimum absolute atomic E-state index is 0.493. The van der Waals surface area contributed by atoms with Crippen LogP contribution in [0.1, 0.15) is 18.5 Å². The standard InChI is InChI=1S/C9H15N5/c1-7-6-8(12-9(11-7)13-10)14-4-2-3-5-14/h6H,2-5,10H2,1H3,(H,11,12,13). The molecule has 1 aromatic heterocycles. The second-order valence-corrected chi connectivity index (χ2v) is 3.53. The van der Waals surface area contributed by atoms with Crippen molar-refractivity contribution in [3.63, 3.8) is 0 Å². The average Bonchev–Trinajstić information content (AvgIpc) is 2.69. The SMILES string of the molecule is Cc1cc(N2CCCC2)nc(NN)n1. The van der Waals surface area contributed by atoms with Gasteiger partial charge in [-0.3, -0.25) is 5.43 Å². The number of hydrogen-bond donors (Lipinski definition) is 2. The first-order valence-corrected chi connectivity index (χ1v) is 4.87. The Kier molecular flexibility index (Phi) is 2.49. The van der Waals surface area contributed by atoms with Crippen LogP contribution in [0.25, 0.3) is 0 Å². The highest BCUT2D eigenvalue weighted by Crippen LogP contribution is 2.19. The smallest absolute Gasteiger partial charge is 0.239 e. The Hall–Kier alpha value is -1.36. The Morgan fingerprint density at radius 2 is 2.07 bits per heavy atom. The molecular formula is C9H15N5. The lowest BCUT2D eigenvalue weighted by Gasteiger charge is -2.17.